The van der Waals surface area contributed by atoms with Gasteiger partial charge in [0.1, 0.15) is 18.4 Å². The summed E-state index contributed by atoms with van der Waals surface area (Å²) in [5.74, 6) is -2.49. The van der Waals surface area contributed by atoms with Crippen LogP contribution >= 0.6 is 0 Å². The maximum absolute atomic E-state index is 14.1. The van der Waals surface area contributed by atoms with Gasteiger partial charge in [-0.05, 0) is 48.3 Å². The molecule has 0 aromatic carbocycles. The van der Waals surface area contributed by atoms with Gasteiger partial charge in [-0.25, -0.2) is 4.79 Å². The zero-order valence-electron chi connectivity index (χ0n) is 38.8. The number of aldehydes is 1. The highest BCUT2D eigenvalue weighted by molar-refractivity contribution is 6.38. The van der Waals surface area contributed by atoms with Crippen molar-refractivity contribution in [2.45, 2.75) is 187 Å². The standard InChI is InChI=1S/C36H64N6O7.C3H8.2C2H6/c1-13-23(3)20-24(28(45)31(47)37-14-2)38-30(46)25-16-15-18-42(25)32(48)29(35(7,8)9)40-33(49)39-26(34(4,5)6)22-41(12)27(44)21-36(10,11)17-19-43;1-3-2;2*1-2/h19,23-26,29H,13-18,20-22H2,1-12H3,(H,37,47)(H,38,46)(H2,39,40,49);3H2,1-2H3;2*1-2H3. The number of ketones is 1. The Labute approximate surface area is 341 Å². The molecule has 0 spiro atoms. The molecule has 0 radical (unpaired) electrons. The summed E-state index contributed by atoms with van der Waals surface area (Å²) in [6.45, 7) is 33.7. The van der Waals surface area contributed by atoms with E-state index in [1.54, 1.807) is 18.9 Å². The molecule has 5 atom stereocenters. The average Bonchev–Trinajstić information content (AvgIpc) is 3.61. The van der Waals surface area contributed by atoms with E-state index in [1.807, 2.05) is 96.9 Å². The summed E-state index contributed by atoms with van der Waals surface area (Å²) in [7, 11) is 1.66. The Morgan fingerprint density at radius 2 is 1.38 bits per heavy atom. The van der Waals surface area contributed by atoms with Crippen molar-refractivity contribution in [3.63, 3.8) is 0 Å². The van der Waals surface area contributed by atoms with Crippen molar-refractivity contribution in [2.75, 3.05) is 26.7 Å². The second kappa shape index (κ2) is 28.0. The van der Waals surface area contributed by atoms with Crippen molar-refractivity contribution in [1.82, 2.24) is 31.1 Å². The molecule has 1 heterocycles. The number of carbonyl (C=O) groups is 7. The van der Waals surface area contributed by atoms with Crippen molar-refractivity contribution < 1.29 is 33.6 Å². The van der Waals surface area contributed by atoms with E-state index in [0.717, 1.165) is 12.7 Å². The number of likely N-dealkylation sites (tertiary alicyclic amines) is 1. The number of nitrogens with zero attached hydrogens (tertiary/aromatic N) is 2. The highest BCUT2D eigenvalue weighted by Gasteiger charge is 2.43. The van der Waals surface area contributed by atoms with Crippen LogP contribution in [-0.4, -0.2) is 102 Å². The molecule has 56 heavy (non-hydrogen) atoms. The predicted octanol–water partition coefficient (Wildman–Crippen LogP) is 6.66. The van der Waals surface area contributed by atoms with Gasteiger partial charge in [0.2, 0.25) is 23.5 Å². The molecule has 4 N–H and O–H groups in total. The van der Waals surface area contributed by atoms with Crippen LogP contribution in [0.5, 0.6) is 0 Å². The number of likely N-dealkylation sites (N-methyl/N-ethyl adjacent to an activating group) is 2. The number of hydrogen-bond donors (Lipinski definition) is 4. The molecule has 1 rings (SSSR count). The predicted molar refractivity (Wildman–Crippen MR) is 228 cm³/mol. The van der Waals surface area contributed by atoms with E-state index in [-0.39, 0.29) is 44.2 Å². The van der Waals surface area contributed by atoms with E-state index in [9.17, 15) is 33.6 Å². The number of rotatable bonds is 17. The first-order valence-electron chi connectivity index (χ1n) is 21.1. The van der Waals surface area contributed by atoms with Crippen molar-refractivity contribution in [3.8, 4) is 0 Å². The van der Waals surface area contributed by atoms with E-state index in [4.69, 9.17) is 0 Å². The summed E-state index contributed by atoms with van der Waals surface area (Å²) in [4.78, 5) is 93.7. The van der Waals surface area contributed by atoms with Gasteiger partial charge in [-0.1, -0.05) is 124 Å². The number of nitrogens with one attached hydrogen (secondary N) is 4. The van der Waals surface area contributed by atoms with Crippen LogP contribution < -0.4 is 21.3 Å². The third-order valence-corrected chi connectivity index (χ3v) is 9.25. The summed E-state index contributed by atoms with van der Waals surface area (Å²) in [5.41, 5.74) is -1.69. The maximum atomic E-state index is 14.1. The summed E-state index contributed by atoms with van der Waals surface area (Å²) in [6, 6.07) is -3.96. The molecule has 13 nitrogen and oxygen atoms in total. The second-order valence-corrected chi connectivity index (χ2v) is 17.3. The lowest BCUT2D eigenvalue weighted by Gasteiger charge is -2.38. The lowest BCUT2D eigenvalue weighted by molar-refractivity contribution is -0.144. The lowest BCUT2D eigenvalue weighted by Crippen LogP contribution is -2.62. The topological polar surface area (TPSA) is 174 Å². The van der Waals surface area contributed by atoms with Crippen LogP contribution in [0.2, 0.25) is 0 Å². The number of carbonyl (C=O) groups excluding carboxylic acids is 7. The third-order valence-electron chi connectivity index (χ3n) is 9.25. The number of amides is 6. The smallest absolute Gasteiger partial charge is 0.315 e. The minimum absolute atomic E-state index is 0.0714. The summed E-state index contributed by atoms with van der Waals surface area (Å²) >= 11 is 0. The lowest BCUT2D eigenvalue weighted by atomic mass is 9.84. The molecule has 1 aliphatic rings. The number of hydrogen-bond acceptors (Lipinski definition) is 7. The fourth-order valence-corrected chi connectivity index (χ4v) is 5.68. The zero-order valence-corrected chi connectivity index (χ0v) is 38.8. The molecule has 5 unspecified atom stereocenters. The maximum Gasteiger partial charge on any atom is 0.315 e. The van der Waals surface area contributed by atoms with E-state index in [0.29, 0.717) is 19.4 Å². The van der Waals surface area contributed by atoms with Gasteiger partial charge in [0.05, 0.1) is 12.1 Å². The normalized spacial score (nSPS) is 16.0. The van der Waals surface area contributed by atoms with Crippen molar-refractivity contribution in [1.29, 1.82) is 0 Å². The molecular formula is C43H84N6O7. The van der Waals surface area contributed by atoms with Crippen LogP contribution in [0.4, 0.5) is 4.79 Å². The zero-order chi connectivity index (χ0) is 44.6. The van der Waals surface area contributed by atoms with Gasteiger partial charge in [-0.15, -0.1) is 0 Å². The molecule has 0 bridgehead atoms. The first-order valence-corrected chi connectivity index (χ1v) is 21.1. The molecule has 328 valence electrons. The van der Waals surface area contributed by atoms with Crippen LogP contribution in [0.1, 0.15) is 163 Å². The molecule has 13 heteroatoms. The fraction of sp³-hybridized carbons (Fsp3) is 0.837. The van der Waals surface area contributed by atoms with Crippen LogP contribution in [0, 0.1) is 22.2 Å². The van der Waals surface area contributed by atoms with Crippen LogP contribution in [0.15, 0.2) is 0 Å². The van der Waals surface area contributed by atoms with Gasteiger partial charge in [0.25, 0.3) is 5.91 Å². The first-order chi connectivity index (χ1) is 25.9. The van der Waals surface area contributed by atoms with Gasteiger partial charge in [0.15, 0.2) is 0 Å². The average molecular weight is 797 g/mol. The van der Waals surface area contributed by atoms with Gasteiger partial charge in [-0.2, -0.15) is 0 Å². The Morgan fingerprint density at radius 3 is 1.82 bits per heavy atom. The van der Waals surface area contributed by atoms with Gasteiger partial charge >= 0.3 is 6.03 Å². The Bertz CT molecular complexity index is 1210. The molecule has 1 aliphatic heterocycles. The van der Waals surface area contributed by atoms with E-state index >= 15 is 0 Å². The van der Waals surface area contributed by atoms with E-state index in [1.165, 1.54) is 11.3 Å². The summed E-state index contributed by atoms with van der Waals surface area (Å²) in [6.07, 6.45) is 4.47. The van der Waals surface area contributed by atoms with Gasteiger partial charge in [-0.3, -0.25) is 24.0 Å². The van der Waals surface area contributed by atoms with Crippen LogP contribution in [0.3, 0.4) is 0 Å². The Morgan fingerprint density at radius 1 is 0.839 bits per heavy atom. The minimum Gasteiger partial charge on any atom is -0.350 e. The van der Waals surface area contributed by atoms with Crippen molar-refractivity contribution in [2.24, 2.45) is 22.2 Å². The molecule has 0 saturated carbocycles. The molecule has 1 fully saturated rings. The van der Waals surface area contributed by atoms with Gasteiger partial charge in [0, 0.05) is 39.5 Å². The highest BCUT2D eigenvalue weighted by atomic mass is 16.2. The fourth-order valence-electron chi connectivity index (χ4n) is 5.68. The second-order valence-electron chi connectivity index (χ2n) is 17.3. The van der Waals surface area contributed by atoms with E-state index < -0.39 is 69.9 Å². The summed E-state index contributed by atoms with van der Waals surface area (Å²) in [5, 5.41) is 11.1. The summed E-state index contributed by atoms with van der Waals surface area (Å²) < 4.78 is 0. The Hall–Kier alpha value is -3.51. The van der Waals surface area contributed by atoms with Gasteiger partial charge < -0.3 is 35.9 Å². The first kappa shape index (κ1) is 56.8. The number of Topliss-reactive ketones (excluding diaryl/α,β-unsaturated/α-hetero) is 1. The highest BCUT2D eigenvalue weighted by Crippen LogP contribution is 2.28. The number of urea groups is 1. The van der Waals surface area contributed by atoms with Crippen molar-refractivity contribution in [3.05, 3.63) is 0 Å². The molecular weight excluding hydrogens is 713 g/mol. The minimum atomic E-state index is -1.02. The molecule has 0 aromatic rings. The molecule has 0 aromatic heterocycles. The van der Waals surface area contributed by atoms with Crippen molar-refractivity contribution >= 4 is 41.7 Å². The SMILES string of the molecule is CC.CC.CCC.CCNC(=O)C(=O)C(CC(C)CC)NC(=O)C1CCCN1C(=O)C(NC(=O)NC(CN(C)C(=O)CC(C)(C)CC=O)C(C)(C)C)C(C)(C)C. The van der Waals surface area contributed by atoms with Crippen LogP contribution in [-0.2, 0) is 28.8 Å². The monoisotopic (exact) mass is 797 g/mol. The molecule has 0 aliphatic carbocycles. The quantitative estimate of drug-likeness (QED) is 0.0941. The Kier molecular flexibility index (Phi) is 28.4. The van der Waals surface area contributed by atoms with Crippen LogP contribution in [0.25, 0.3) is 0 Å². The van der Waals surface area contributed by atoms with E-state index in [2.05, 4.69) is 35.1 Å². The largest absolute Gasteiger partial charge is 0.350 e. The third kappa shape index (κ3) is 21.1. The molecule has 6 amide bonds. The molecule has 1 saturated heterocycles. The Balaban J connectivity index is -0.00000375.